The Morgan fingerprint density at radius 3 is 2.41 bits per heavy atom. The van der Waals surface area contributed by atoms with Crippen molar-refractivity contribution in [3.05, 3.63) is 58.1 Å². The van der Waals surface area contributed by atoms with E-state index in [0.717, 1.165) is 0 Å². The Kier molecular flexibility index (Phi) is 5.25. The van der Waals surface area contributed by atoms with E-state index in [1.807, 2.05) is 0 Å². The van der Waals surface area contributed by atoms with Crippen LogP contribution in [0.25, 0.3) is 0 Å². The molecule has 0 spiro atoms. The maximum atomic E-state index is 11.8. The number of aromatic carboxylic acids is 1. The second-order valence-corrected chi connectivity index (χ2v) is 5.13. The van der Waals surface area contributed by atoms with Crippen LogP contribution in [0.4, 0.5) is 5.69 Å². The third kappa shape index (κ3) is 4.38. The predicted octanol–water partition coefficient (Wildman–Crippen LogP) is 3.71. The fraction of sp³-hybridized carbons (Fsp3) is 0.0667. The van der Waals surface area contributed by atoms with E-state index in [-0.39, 0.29) is 22.9 Å². The minimum absolute atomic E-state index is 0.0262. The van der Waals surface area contributed by atoms with Gasteiger partial charge < -0.3 is 15.2 Å². The summed E-state index contributed by atoms with van der Waals surface area (Å²) >= 11 is 11.7. The van der Waals surface area contributed by atoms with Crippen LogP contribution in [0, 0.1) is 0 Å². The summed E-state index contributed by atoms with van der Waals surface area (Å²) in [5.74, 6) is -1.08. The number of carboxylic acids is 1. The Labute approximate surface area is 136 Å². The molecular formula is C15H11Cl2NO4. The van der Waals surface area contributed by atoms with E-state index in [1.165, 1.54) is 18.2 Å². The van der Waals surface area contributed by atoms with Gasteiger partial charge in [-0.05, 0) is 42.5 Å². The largest absolute Gasteiger partial charge is 0.484 e. The predicted molar refractivity (Wildman–Crippen MR) is 84.0 cm³/mol. The fourth-order valence-electron chi connectivity index (χ4n) is 1.62. The number of amides is 1. The van der Waals surface area contributed by atoms with Gasteiger partial charge in [0.05, 0.1) is 16.3 Å². The molecule has 2 N–H and O–H groups in total. The van der Waals surface area contributed by atoms with Gasteiger partial charge in [-0.2, -0.15) is 0 Å². The first-order chi connectivity index (χ1) is 10.5. The van der Waals surface area contributed by atoms with Crippen LogP contribution >= 0.6 is 23.2 Å². The molecule has 2 aromatic rings. The average Bonchev–Trinajstić information content (AvgIpc) is 2.48. The highest BCUT2D eigenvalue weighted by Gasteiger charge is 2.10. The monoisotopic (exact) mass is 339 g/mol. The highest BCUT2D eigenvalue weighted by atomic mass is 35.5. The van der Waals surface area contributed by atoms with E-state index < -0.39 is 11.9 Å². The molecular weight excluding hydrogens is 329 g/mol. The van der Waals surface area contributed by atoms with Gasteiger partial charge in [0.25, 0.3) is 5.91 Å². The molecule has 2 rings (SSSR count). The van der Waals surface area contributed by atoms with Crippen molar-refractivity contribution in [3.63, 3.8) is 0 Å². The Morgan fingerprint density at radius 2 is 1.77 bits per heavy atom. The molecule has 0 aliphatic heterocycles. The van der Waals surface area contributed by atoms with Gasteiger partial charge in [0.15, 0.2) is 6.61 Å². The number of ether oxygens (including phenoxy) is 1. The van der Waals surface area contributed by atoms with Crippen LogP contribution in [-0.2, 0) is 4.79 Å². The molecule has 0 saturated carbocycles. The first kappa shape index (κ1) is 16.1. The minimum Gasteiger partial charge on any atom is -0.484 e. The Balaban J connectivity index is 1.98. The SMILES string of the molecule is O=C(COc1ccc(Cl)cc1)Nc1cc(C(=O)O)ccc1Cl. The molecule has 114 valence electrons. The van der Waals surface area contributed by atoms with Crippen LogP contribution in [0.1, 0.15) is 10.4 Å². The van der Waals surface area contributed by atoms with Crippen LogP contribution in [0.2, 0.25) is 10.0 Å². The third-order valence-electron chi connectivity index (χ3n) is 2.67. The second kappa shape index (κ2) is 7.15. The van der Waals surface area contributed by atoms with Gasteiger partial charge in [0.2, 0.25) is 0 Å². The summed E-state index contributed by atoms with van der Waals surface area (Å²) in [5, 5.41) is 12.2. The highest BCUT2D eigenvalue weighted by Crippen LogP contribution is 2.23. The van der Waals surface area contributed by atoms with Crippen LogP contribution in [0.5, 0.6) is 5.75 Å². The van der Waals surface area contributed by atoms with Gasteiger partial charge in [0, 0.05) is 5.02 Å². The lowest BCUT2D eigenvalue weighted by Crippen LogP contribution is -2.20. The standard InChI is InChI=1S/C15H11Cl2NO4/c16-10-2-4-11(5-3-10)22-8-14(19)18-13-7-9(15(20)21)1-6-12(13)17/h1-7H,8H2,(H,18,19)(H,20,21). The minimum atomic E-state index is -1.11. The van der Waals surface area contributed by atoms with Crippen LogP contribution in [-0.4, -0.2) is 23.6 Å². The lowest BCUT2D eigenvalue weighted by atomic mass is 10.2. The molecule has 2 aromatic carbocycles. The molecule has 0 unspecified atom stereocenters. The van der Waals surface area contributed by atoms with Crippen LogP contribution in [0.3, 0.4) is 0 Å². The van der Waals surface area contributed by atoms with E-state index in [2.05, 4.69) is 5.32 Å². The van der Waals surface area contributed by atoms with E-state index in [1.54, 1.807) is 24.3 Å². The van der Waals surface area contributed by atoms with E-state index in [0.29, 0.717) is 10.8 Å². The number of nitrogens with one attached hydrogen (secondary N) is 1. The number of hydrogen-bond acceptors (Lipinski definition) is 3. The summed E-state index contributed by atoms with van der Waals surface area (Å²) in [6.45, 7) is -0.241. The van der Waals surface area contributed by atoms with Crippen molar-refractivity contribution in [3.8, 4) is 5.75 Å². The number of hydrogen-bond donors (Lipinski definition) is 2. The molecule has 0 bridgehead atoms. The molecule has 22 heavy (non-hydrogen) atoms. The third-order valence-corrected chi connectivity index (χ3v) is 3.25. The fourth-order valence-corrected chi connectivity index (χ4v) is 1.91. The smallest absolute Gasteiger partial charge is 0.335 e. The van der Waals surface area contributed by atoms with Crippen molar-refractivity contribution < 1.29 is 19.4 Å². The van der Waals surface area contributed by atoms with Gasteiger partial charge in [-0.15, -0.1) is 0 Å². The molecule has 1 amide bonds. The molecule has 0 aliphatic rings. The number of anilines is 1. The number of halogens is 2. The maximum Gasteiger partial charge on any atom is 0.335 e. The number of benzene rings is 2. The topological polar surface area (TPSA) is 75.6 Å². The van der Waals surface area contributed by atoms with Gasteiger partial charge in [-0.25, -0.2) is 4.79 Å². The lowest BCUT2D eigenvalue weighted by molar-refractivity contribution is -0.118. The van der Waals surface area contributed by atoms with Crippen molar-refractivity contribution >= 4 is 40.8 Å². The summed E-state index contributed by atoms with van der Waals surface area (Å²) in [6, 6.07) is 10.6. The number of carboxylic acid groups (broad SMARTS) is 1. The zero-order valence-electron chi connectivity index (χ0n) is 11.2. The number of rotatable bonds is 5. The first-order valence-corrected chi connectivity index (χ1v) is 6.92. The summed E-state index contributed by atoms with van der Waals surface area (Å²) < 4.78 is 5.28. The Hall–Kier alpha value is -2.24. The Morgan fingerprint density at radius 1 is 1.09 bits per heavy atom. The molecule has 0 heterocycles. The van der Waals surface area contributed by atoms with Crippen molar-refractivity contribution in [2.24, 2.45) is 0 Å². The summed E-state index contributed by atoms with van der Waals surface area (Å²) in [7, 11) is 0. The van der Waals surface area contributed by atoms with Crippen LogP contribution < -0.4 is 10.1 Å². The van der Waals surface area contributed by atoms with Crippen molar-refractivity contribution in [1.82, 2.24) is 0 Å². The quantitative estimate of drug-likeness (QED) is 0.870. The Bertz CT molecular complexity index is 701. The zero-order valence-corrected chi connectivity index (χ0v) is 12.7. The van der Waals surface area contributed by atoms with Gasteiger partial charge in [-0.3, -0.25) is 4.79 Å². The molecule has 0 aromatic heterocycles. The van der Waals surface area contributed by atoms with Gasteiger partial charge in [0.1, 0.15) is 5.75 Å². The molecule has 0 radical (unpaired) electrons. The number of carbonyl (C=O) groups is 2. The normalized spacial score (nSPS) is 10.1. The van der Waals surface area contributed by atoms with E-state index in [9.17, 15) is 9.59 Å². The summed E-state index contributed by atoms with van der Waals surface area (Å²) in [6.07, 6.45) is 0. The van der Waals surface area contributed by atoms with Crippen molar-refractivity contribution in [1.29, 1.82) is 0 Å². The summed E-state index contributed by atoms with van der Waals surface area (Å²) in [5.41, 5.74) is 0.240. The molecule has 0 fully saturated rings. The lowest BCUT2D eigenvalue weighted by Gasteiger charge is -2.09. The molecule has 0 atom stereocenters. The summed E-state index contributed by atoms with van der Waals surface area (Å²) in [4.78, 5) is 22.7. The number of carbonyl (C=O) groups excluding carboxylic acids is 1. The zero-order chi connectivity index (χ0) is 16.1. The van der Waals surface area contributed by atoms with E-state index >= 15 is 0 Å². The van der Waals surface area contributed by atoms with E-state index in [4.69, 9.17) is 33.0 Å². The van der Waals surface area contributed by atoms with Crippen LogP contribution in [0.15, 0.2) is 42.5 Å². The molecule has 0 saturated heterocycles. The van der Waals surface area contributed by atoms with Gasteiger partial charge >= 0.3 is 5.97 Å². The van der Waals surface area contributed by atoms with Gasteiger partial charge in [-0.1, -0.05) is 23.2 Å². The maximum absolute atomic E-state index is 11.8. The molecule has 7 heteroatoms. The second-order valence-electron chi connectivity index (χ2n) is 4.29. The molecule has 0 aliphatic carbocycles. The van der Waals surface area contributed by atoms with Crippen molar-refractivity contribution in [2.45, 2.75) is 0 Å². The molecule has 5 nitrogen and oxygen atoms in total. The highest BCUT2D eigenvalue weighted by molar-refractivity contribution is 6.33. The average molecular weight is 340 g/mol. The first-order valence-electron chi connectivity index (χ1n) is 6.17. The van der Waals surface area contributed by atoms with Crippen molar-refractivity contribution in [2.75, 3.05) is 11.9 Å².